The summed E-state index contributed by atoms with van der Waals surface area (Å²) in [5.74, 6) is -0.286. The number of rotatable bonds is 3. The molecular formula is C15H19N5O2. The maximum atomic E-state index is 11.8. The first-order valence-corrected chi connectivity index (χ1v) is 7.18. The minimum atomic E-state index is -0.911. The number of carboxylic acids is 1. The number of nitrogens with two attached hydrogens (primary N) is 1. The third kappa shape index (κ3) is 2.38. The smallest absolute Gasteiger partial charge is 0.329 e. The van der Waals surface area contributed by atoms with Crippen LogP contribution in [0.3, 0.4) is 0 Å². The van der Waals surface area contributed by atoms with Crippen molar-refractivity contribution in [3.63, 3.8) is 0 Å². The second kappa shape index (κ2) is 5.32. The molecule has 7 heteroatoms. The van der Waals surface area contributed by atoms with E-state index < -0.39 is 12.0 Å². The topological polar surface area (TPSA) is 97.3 Å². The lowest BCUT2D eigenvalue weighted by Crippen LogP contribution is -2.32. The quantitative estimate of drug-likeness (QED) is 0.886. The summed E-state index contributed by atoms with van der Waals surface area (Å²) in [6.45, 7) is 0. The highest BCUT2D eigenvalue weighted by molar-refractivity contribution is 5.74. The predicted octanol–water partition coefficient (Wildman–Crippen LogP) is 1.28. The number of anilines is 2. The van der Waals surface area contributed by atoms with E-state index in [1.165, 1.54) is 4.68 Å². The van der Waals surface area contributed by atoms with E-state index in [9.17, 15) is 9.90 Å². The minimum absolute atomic E-state index is 0.129. The van der Waals surface area contributed by atoms with Gasteiger partial charge in [-0.3, -0.25) is 0 Å². The first kappa shape index (κ1) is 14.4. The van der Waals surface area contributed by atoms with E-state index in [1.807, 2.05) is 43.3 Å². The molecule has 1 aromatic carbocycles. The summed E-state index contributed by atoms with van der Waals surface area (Å²) in [6, 6.07) is 7.19. The van der Waals surface area contributed by atoms with Crippen LogP contribution in [-0.2, 0) is 11.2 Å². The van der Waals surface area contributed by atoms with E-state index in [0.717, 1.165) is 11.3 Å². The molecule has 3 rings (SSSR count). The third-order valence-corrected chi connectivity index (χ3v) is 4.11. The van der Waals surface area contributed by atoms with Crippen molar-refractivity contribution in [3.8, 4) is 0 Å². The van der Waals surface area contributed by atoms with Crippen molar-refractivity contribution in [3.05, 3.63) is 35.7 Å². The monoisotopic (exact) mass is 301 g/mol. The van der Waals surface area contributed by atoms with Crippen LogP contribution >= 0.6 is 0 Å². The number of carboxylic acid groups (broad SMARTS) is 1. The van der Waals surface area contributed by atoms with Gasteiger partial charge in [0.25, 0.3) is 0 Å². The molecule has 0 aliphatic carbocycles. The Hall–Kier alpha value is -2.57. The fourth-order valence-corrected chi connectivity index (χ4v) is 3.04. The first-order chi connectivity index (χ1) is 10.5. The number of hydrogen-bond acceptors (Lipinski definition) is 5. The Morgan fingerprint density at radius 1 is 1.45 bits per heavy atom. The summed E-state index contributed by atoms with van der Waals surface area (Å²) in [5.41, 5.74) is 7.67. The van der Waals surface area contributed by atoms with Crippen molar-refractivity contribution in [2.24, 2.45) is 0 Å². The zero-order valence-corrected chi connectivity index (χ0v) is 12.6. The number of nitrogens with zero attached hydrogens (tertiary/aromatic N) is 4. The Labute approximate surface area is 128 Å². The van der Waals surface area contributed by atoms with E-state index in [0.29, 0.717) is 18.7 Å². The van der Waals surface area contributed by atoms with Crippen LogP contribution in [0.1, 0.15) is 29.8 Å². The van der Waals surface area contributed by atoms with Crippen LogP contribution < -0.4 is 10.6 Å². The van der Waals surface area contributed by atoms with Gasteiger partial charge in [0.1, 0.15) is 5.82 Å². The van der Waals surface area contributed by atoms with E-state index in [-0.39, 0.29) is 11.9 Å². The van der Waals surface area contributed by atoms with Crippen LogP contribution in [-0.4, -0.2) is 39.9 Å². The summed E-state index contributed by atoms with van der Waals surface area (Å²) in [7, 11) is 3.93. The second-order valence-corrected chi connectivity index (χ2v) is 5.75. The van der Waals surface area contributed by atoms with Crippen LogP contribution in [0.4, 0.5) is 11.6 Å². The average molecular weight is 301 g/mol. The highest BCUT2D eigenvalue weighted by Gasteiger charge is 2.37. The standard InChI is InChI=1S/C15H19N5O2/c1-19(2)10-5-3-4-9(8-10)11-6-7-12-17-15(16)18-20(12)13(11)14(21)22/h3-5,8,11,13H,6-7H2,1-2H3,(H2,16,18)(H,21,22). The van der Waals surface area contributed by atoms with Gasteiger partial charge in [0.05, 0.1) is 0 Å². The molecule has 1 aliphatic rings. The summed E-state index contributed by atoms with van der Waals surface area (Å²) < 4.78 is 1.47. The molecule has 1 aliphatic heterocycles. The highest BCUT2D eigenvalue weighted by Crippen LogP contribution is 2.38. The van der Waals surface area contributed by atoms with Crippen molar-refractivity contribution in [1.29, 1.82) is 0 Å². The number of aryl methyl sites for hydroxylation is 1. The molecule has 22 heavy (non-hydrogen) atoms. The molecule has 2 aromatic rings. The summed E-state index contributed by atoms with van der Waals surface area (Å²) in [4.78, 5) is 17.9. The second-order valence-electron chi connectivity index (χ2n) is 5.75. The van der Waals surface area contributed by atoms with E-state index in [1.54, 1.807) is 0 Å². The van der Waals surface area contributed by atoms with Crippen molar-refractivity contribution < 1.29 is 9.90 Å². The molecule has 3 N–H and O–H groups in total. The largest absolute Gasteiger partial charge is 0.480 e. The zero-order chi connectivity index (χ0) is 15.9. The molecule has 2 atom stereocenters. The molecule has 0 saturated carbocycles. The number of aliphatic carboxylic acids is 1. The first-order valence-electron chi connectivity index (χ1n) is 7.18. The fraction of sp³-hybridized carbons (Fsp3) is 0.400. The molecule has 0 amide bonds. The Bertz CT molecular complexity index is 710. The zero-order valence-electron chi connectivity index (χ0n) is 12.6. The minimum Gasteiger partial charge on any atom is -0.480 e. The Morgan fingerprint density at radius 3 is 2.91 bits per heavy atom. The summed E-state index contributed by atoms with van der Waals surface area (Å²) >= 11 is 0. The van der Waals surface area contributed by atoms with Crippen LogP contribution in [0, 0.1) is 0 Å². The van der Waals surface area contributed by atoms with Gasteiger partial charge in [-0.15, -0.1) is 5.10 Å². The molecule has 2 unspecified atom stereocenters. The van der Waals surface area contributed by atoms with Crippen molar-refractivity contribution >= 4 is 17.6 Å². The maximum Gasteiger partial charge on any atom is 0.329 e. The van der Waals surface area contributed by atoms with E-state index in [4.69, 9.17) is 5.73 Å². The fourth-order valence-electron chi connectivity index (χ4n) is 3.04. The van der Waals surface area contributed by atoms with Gasteiger partial charge in [-0.05, 0) is 24.1 Å². The maximum absolute atomic E-state index is 11.8. The molecule has 7 nitrogen and oxygen atoms in total. The molecule has 0 bridgehead atoms. The molecule has 0 spiro atoms. The van der Waals surface area contributed by atoms with Gasteiger partial charge in [0.15, 0.2) is 6.04 Å². The number of benzene rings is 1. The van der Waals surface area contributed by atoms with Crippen LogP contribution in [0.25, 0.3) is 0 Å². The van der Waals surface area contributed by atoms with Crippen LogP contribution in [0.2, 0.25) is 0 Å². The molecule has 0 saturated heterocycles. The normalized spacial score (nSPS) is 20.5. The summed E-state index contributed by atoms with van der Waals surface area (Å²) in [6.07, 6.45) is 1.39. The SMILES string of the molecule is CN(C)c1cccc(C2CCc3nc(N)nn3C2C(=O)O)c1. The lowest BCUT2D eigenvalue weighted by molar-refractivity contribution is -0.142. The lowest BCUT2D eigenvalue weighted by Gasteiger charge is -2.30. The average Bonchev–Trinajstić information content (AvgIpc) is 2.86. The molecule has 1 aromatic heterocycles. The molecule has 116 valence electrons. The molecular weight excluding hydrogens is 282 g/mol. The number of fused-ring (bicyclic) bond motifs is 1. The number of hydrogen-bond donors (Lipinski definition) is 2. The van der Waals surface area contributed by atoms with Gasteiger partial charge in [0.2, 0.25) is 5.95 Å². The number of aromatic nitrogens is 3. The van der Waals surface area contributed by atoms with Crippen LogP contribution in [0.15, 0.2) is 24.3 Å². The van der Waals surface area contributed by atoms with Crippen molar-refractivity contribution in [1.82, 2.24) is 14.8 Å². The molecule has 2 heterocycles. The van der Waals surface area contributed by atoms with Crippen molar-refractivity contribution in [2.45, 2.75) is 24.8 Å². The van der Waals surface area contributed by atoms with E-state index in [2.05, 4.69) is 10.1 Å². The van der Waals surface area contributed by atoms with E-state index >= 15 is 0 Å². The third-order valence-electron chi connectivity index (χ3n) is 4.11. The van der Waals surface area contributed by atoms with Crippen molar-refractivity contribution in [2.75, 3.05) is 24.7 Å². The molecule has 0 radical (unpaired) electrons. The van der Waals surface area contributed by atoms with Gasteiger partial charge in [-0.2, -0.15) is 4.98 Å². The molecule has 0 fully saturated rings. The number of nitrogen functional groups attached to an aromatic ring is 1. The summed E-state index contributed by atoms with van der Waals surface area (Å²) in [5, 5.41) is 13.7. The van der Waals surface area contributed by atoms with Gasteiger partial charge < -0.3 is 15.7 Å². The number of carbonyl (C=O) groups is 1. The Kier molecular flexibility index (Phi) is 3.48. The van der Waals surface area contributed by atoms with Gasteiger partial charge >= 0.3 is 5.97 Å². The highest BCUT2D eigenvalue weighted by atomic mass is 16.4. The predicted molar refractivity (Wildman–Crippen MR) is 82.9 cm³/mol. The Balaban J connectivity index is 2.03. The van der Waals surface area contributed by atoms with Crippen LogP contribution in [0.5, 0.6) is 0 Å². The van der Waals surface area contributed by atoms with Gasteiger partial charge in [-0.25, -0.2) is 9.48 Å². The van der Waals surface area contributed by atoms with Gasteiger partial charge in [0, 0.05) is 32.1 Å². The Morgan fingerprint density at radius 2 is 2.23 bits per heavy atom. The van der Waals surface area contributed by atoms with Gasteiger partial charge in [-0.1, -0.05) is 12.1 Å². The lowest BCUT2D eigenvalue weighted by atomic mass is 9.84.